The fourth-order valence-electron chi connectivity index (χ4n) is 3.02. The van der Waals surface area contributed by atoms with Crippen LogP contribution in [0.15, 0.2) is 42.5 Å². The van der Waals surface area contributed by atoms with Gasteiger partial charge in [-0.15, -0.1) is 0 Å². The van der Waals surface area contributed by atoms with Crippen molar-refractivity contribution < 1.29 is 19.0 Å². The van der Waals surface area contributed by atoms with Crippen molar-refractivity contribution in [2.45, 2.75) is 6.04 Å². The number of hydrogen-bond acceptors (Lipinski definition) is 5. The van der Waals surface area contributed by atoms with Gasteiger partial charge in [0.15, 0.2) is 11.5 Å². The lowest BCUT2D eigenvalue weighted by atomic mass is 10.0. The third kappa shape index (κ3) is 4.58. The second kappa shape index (κ2) is 8.99. The molecule has 0 saturated carbocycles. The largest absolute Gasteiger partial charge is 0.496 e. The second-order valence-corrected chi connectivity index (χ2v) is 6.94. The average molecular weight is 403 g/mol. The van der Waals surface area contributed by atoms with E-state index in [2.05, 4.69) is 5.32 Å². The topological polar surface area (TPSA) is 60.0 Å². The van der Waals surface area contributed by atoms with Crippen molar-refractivity contribution >= 4 is 23.6 Å². The Bertz CT molecular complexity index is 883. The minimum atomic E-state index is -0.199. The van der Waals surface area contributed by atoms with Crippen molar-refractivity contribution in [1.82, 2.24) is 10.2 Å². The molecule has 0 aliphatic carbocycles. The summed E-state index contributed by atoms with van der Waals surface area (Å²) >= 11 is 6.17. The van der Waals surface area contributed by atoms with Crippen LogP contribution in [0.1, 0.15) is 17.2 Å². The zero-order valence-electron chi connectivity index (χ0n) is 16.1. The highest BCUT2D eigenvalue weighted by atomic mass is 35.5. The van der Waals surface area contributed by atoms with E-state index in [1.807, 2.05) is 43.3 Å². The number of hydrogen-bond donors (Lipinski definition) is 1. The average Bonchev–Trinajstić information content (AvgIpc) is 3.16. The molecule has 1 heterocycles. The Labute approximate surface area is 169 Å². The lowest BCUT2D eigenvalue weighted by Gasteiger charge is -2.26. The van der Waals surface area contributed by atoms with Crippen molar-refractivity contribution in [1.29, 1.82) is 0 Å². The number of likely N-dealkylation sites (N-methyl/N-ethyl adjacent to an activating group) is 1. The number of nitrogens with zero attached hydrogens (tertiary/aromatic N) is 1. The molecule has 3 rings (SSSR count). The number of halogens is 1. The van der Waals surface area contributed by atoms with Gasteiger partial charge in [0, 0.05) is 18.2 Å². The van der Waals surface area contributed by atoms with Gasteiger partial charge in [-0.1, -0.05) is 29.8 Å². The van der Waals surface area contributed by atoms with Crippen molar-refractivity contribution in [3.8, 4) is 17.2 Å². The van der Waals surface area contributed by atoms with Gasteiger partial charge in [0.2, 0.25) is 12.7 Å². The van der Waals surface area contributed by atoms with Crippen LogP contribution in [0.3, 0.4) is 0 Å². The summed E-state index contributed by atoms with van der Waals surface area (Å²) in [7, 11) is 5.57. The minimum absolute atomic E-state index is 0.0199. The number of benzene rings is 2. The van der Waals surface area contributed by atoms with Gasteiger partial charge in [-0.2, -0.15) is 0 Å². The Balaban J connectivity index is 1.65. The van der Waals surface area contributed by atoms with E-state index in [1.54, 1.807) is 25.3 Å². The summed E-state index contributed by atoms with van der Waals surface area (Å²) in [6.07, 6.45) is 3.17. The fourth-order valence-corrected chi connectivity index (χ4v) is 3.30. The van der Waals surface area contributed by atoms with E-state index in [0.29, 0.717) is 23.1 Å². The van der Waals surface area contributed by atoms with Crippen molar-refractivity contribution in [3.63, 3.8) is 0 Å². The van der Waals surface area contributed by atoms with Crippen LogP contribution in [0.4, 0.5) is 0 Å². The van der Waals surface area contributed by atoms with Crippen LogP contribution in [-0.2, 0) is 4.79 Å². The zero-order valence-corrected chi connectivity index (χ0v) is 16.8. The highest BCUT2D eigenvalue weighted by molar-refractivity contribution is 6.32. The minimum Gasteiger partial charge on any atom is -0.496 e. The maximum absolute atomic E-state index is 12.3. The summed E-state index contributed by atoms with van der Waals surface area (Å²) < 4.78 is 16.1. The molecule has 1 aliphatic heterocycles. The second-order valence-electron chi connectivity index (χ2n) is 6.54. The molecule has 0 aromatic heterocycles. The smallest absolute Gasteiger partial charge is 0.244 e. The van der Waals surface area contributed by atoms with Crippen molar-refractivity contribution in [2.75, 3.05) is 34.5 Å². The van der Waals surface area contributed by atoms with E-state index in [-0.39, 0.29) is 18.7 Å². The summed E-state index contributed by atoms with van der Waals surface area (Å²) in [4.78, 5) is 14.4. The fraction of sp³-hybridized carbons (Fsp3) is 0.286. The summed E-state index contributed by atoms with van der Waals surface area (Å²) in [5.74, 6) is 1.71. The van der Waals surface area contributed by atoms with Gasteiger partial charge < -0.3 is 24.4 Å². The van der Waals surface area contributed by atoms with Crippen LogP contribution in [0.5, 0.6) is 17.2 Å². The van der Waals surface area contributed by atoms with Crippen LogP contribution in [0.25, 0.3) is 6.08 Å². The lowest BCUT2D eigenvalue weighted by Crippen LogP contribution is -2.33. The highest BCUT2D eigenvalue weighted by Gasteiger charge is 2.19. The molecule has 1 amide bonds. The summed E-state index contributed by atoms with van der Waals surface area (Å²) in [5.41, 5.74) is 1.78. The molecule has 28 heavy (non-hydrogen) atoms. The van der Waals surface area contributed by atoms with E-state index in [9.17, 15) is 4.79 Å². The van der Waals surface area contributed by atoms with Crippen molar-refractivity contribution in [3.05, 3.63) is 58.6 Å². The third-order valence-electron chi connectivity index (χ3n) is 4.47. The van der Waals surface area contributed by atoms with Gasteiger partial charge in [-0.25, -0.2) is 0 Å². The Morgan fingerprint density at radius 1 is 1.32 bits per heavy atom. The number of nitrogens with one attached hydrogen (secondary N) is 1. The highest BCUT2D eigenvalue weighted by Crippen LogP contribution is 2.40. The zero-order chi connectivity index (χ0) is 20.1. The summed E-state index contributed by atoms with van der Waals surface area (Å²) in [6.45, 7) is 0.593. The molecule has 2 aromatic carbocycles. The van der Waals surface area contributed by atoms with E-state index in [0.717, 1.165) is 16.9 Å². The number of carbonyl (C=O) groups excluding carboxylic acids is 1. The Hall–Kier alpha value is -2.70. The molecule has 1 N–H and O–H groups in total. The van der Waals surface area contributed by atoms with Crippen LogP contribution in [-0.4, -0.2) is 45.3 Å². The van der Waals surface area contributed by atoms with Gasteiger partial charge >= 0.3 is 0 Å². The monoisotopic (exact) mass is 402 g/mol. The summed E-state index contributed by atoms with van der Waals surface area (Å²) in [6, 6.07) is 11.3. The number of rotatable bonds is 7. The molecule has 1 unspecified atom stereocenters. The number of fused-ring (bicyclic) bond motifs is 1. The molecule has 1 atom stereocenters. The van der Waals surface area contributed by atoms with E-state index >= 15 is 0 Å². The summed E-state index contributed by atoms with van der Waals surface area (Å²) in [5, 5.41) is 3.40. The molecule has 148 valence electrons. The van der Waals surface area contributed by atoms with Gasteiger partial charge in [0.25, 0.3) is 0 Å². The molecule has 7 heteroatoms. The SMILES string of the molecule is COc1ccccc1C(CNC(=O)/C=C/c1cc(Cl)c2c(c1)OCO2)N(C)C. The Kier molecular flexibility index (Phi) is 6.44. The number of amides is 1. The van der Waals surface area contributed by atoms with Crippen LogP contribution in [0, 0.1) is 0 Å². The van der Waals surface area contributed by atoms with Crippen LogP contribution in [0.2, 0.25) is 5.02 Å². The molecule has 2 aromatic rings. The lowest BCUT2D eigenvalue weighted by molar-refractivity contribution is -0.116. The Morgan fingerprint density at radius 3 is 2.86 bits per heavy atom. The maximum atomic E-state index is 12.3. The molecule has 0 bridgehead atoms. The Morgan fingerprint density at radius 2 is 2.11 bits per heavy atom. The molecule has 1 aliphatic rings. The first-order valence-corrected chi connectivity index (χ1v) is 9.21. The predicted molar refractivity (Wildman–Crippen MR) is 109 cm³/mol. The normalized spacial score (nSPS) is 13.8. The number of carbonyl (C=O) groups is 1. The first-order chi connectivity index (χ1) is 13.5. The van der Waals surface area contributed by atoms with Gasteiger partial charge in [0.1, 0.15) is 5.75 Å². The maximum Gasteiger partial charge on any atom is 0.244 e. The molecule has 6 nitrogen and oxygen atoms in total. The van der Waals surface area contributed by atoms with E-state index in [1.165, 1.54) is 6.08 Å². The first-order valence-electron chi connectivity index (χ1n) is 8.84. The standard InChI is InChI=1S/C21H23ClN2O4/c1-24(2)17(15-6-4-5-7-18(15)26-3)12-23-20(25)9-8-14-10-16(22)21-19(11-14)27-13-28-21/h4-11,17H,12-13H2,1-3H3,(H,23,25)/b9-8+. The predicted octanol–water partition coefficient (Wildman–Crippen LogP) is 3.51. The van der Waals surface area contributed by atoms with Crippen molar-refractivity contribution in [2.24, 2.45) is 0 Å². The molecule has 0 saturated heterocycles. The third-order valence-corrected chi connectivity index (χ3v) is 4.75. The van der Waals surface area contributed by atoms with Crippen LogP contribution < -0.4 is 19.5 Å². The van der Waals surface area contributed by atoms with Gasteiger partial charge in [0.05, 0.1) is 18.2 Å². The van der Waals surface area contributed by atoms with E-state index in [4.69, 9.17) is 25.8 Å². The van der Waals surface area contributed by atoms with Crippen LogP contribution >= 0.6 is 11.6 Å². The number of methoxy groups -OCH3 is 1. The molecule has 0 fully saturated rings. The van der Waals surface area contributed by atoms with E-state index < -0.39 is 0 Å². The first kappa shape index (κ1) is 20.0. The molecular weight excluding hydrogens is 380 g/mol. The number of ether oxygens (including phenoxy) is 3. The molecule has 0 spiro atoms. The molecular formula is C21H23ClN2O4. The number of para-hydroxylation sites is 1. The quantitative estimate of drug-likeness (QED) is 0.718. The van der Waals surface area contributed by atoms with Gasteiger partial charge in [-0.05, 0) is 43.9 Å². The van der Waals surface area contributed by atoms with Gasteiger partial charge in [-0.3, -0.25) is 4.79 Å². The molecule has 0 radical (unpaired) electrons.